The van der Waals surface area contributed by atoms with Crippen molar-refractivity contribution in [1.82, 2.24) is 14.5 Å². The number of piperidine rings is 1. The van der Waals surface area contributed by atoms with Crippen LogP contribution in [-0.4, -0.2) is 71.4 Å². The summed E-state index contributed by atoms with van der Waals surface area (Å²) in [4.78, 5) is 31.5. The Bertz CT molecular complexity index is 1380. The standard InChI is InChI=1S/C34H46N4O5/c1-33(2,3)29-22-36-32(38(29)18-7-19-42-4)34(41)16-6-17-37(23-34)30(39)21-28(35)20-24-8-10-25(11-9-24)26-12-14-27(15-13-26)31(40)43-5/h8-15,22,28,41H,6-7,16-21,23,35H2,1-5H3. The fourth-order valence-corrected chi connectivity index (χ4v) is 5.85. The molecule has 0 aliphatic carbocycles. The van der Waals surface area contributed by atoms with Crippen LogP contribution in [0.2, 0.25) is 0 Å². The van der Waals surface area contributed by atoms with Crippen LogP contribution in [0, 0.1) is 0 Å². The first-order valence-electron chi connectivity index (χ1n) is 15.0. The summed E-state index contributed by atoms with van der Waals surface area (Å²) in [5.74, 6) is 0.204. The highest BCUT2D eigenvalue weighted by molar-refractivity contribution is 5.90. The molecule has 9 heteroatoms. The van der Waals surface area contributed by atoms with E-state index in [1.54, 1.807) is 24.1 Å². The highest BCUT2D eigenvalue weighted by atomic mass is 16.5. The third-order valence-electron chi connectivity index (χ3n) is 8.12. The van der Waals surface area contributed by atoms with Crippen molar-refractivity contribution in [2.24, 2.45) is 5.73 Å². The lowest BCUT2D eigenvalue weighted by molar-refractivity contribution is -0.139. The Hall–Kier alpha value is -3.53. The van der Waals surface area contributed by atoms with E-state index in [9.17, 15) is 14.7 Å². The quantitative estimate of drug-likeness (QED) is 0.250. The van der Waals surface area contributed by atoms with Crippen molar-refractivity contribution in [3.05, 3.63) is 77.4 Å². The van der Waals surface area contributed by atoms with Crippen LogP contribution in [0.25, 0.3) is 11.1 Å². The summed E-state index contributed by atoms with van der Waals surface area (Å²) in [7, 11) is 3.05. The summed E-state index contributed by atoms with van der Waals surface area (Å²) in [5, 5.41) is 11.9. The summed E-state index contributed by atoms with van der Waals surface area (Å²) in [6.07, 6.45) is 4.66. The van der Waals surface area contributed by atoms with Crippen LogP contribution >= 0.6 is 0 Å². The number of esters is 1. The van der Waals surface area contributed by atoms with Gasteiger partial charge in [0.25, 0.3) is 0 Å². The molecule has 1 aliphatic heterocycles. The van der Waals surface area contributed by atoms with Gasteiger partial charge >= 0.3 is 5.97 Å². The summed E-state index contributed by atoms with van der Waals surface area (Å²) in [6, 6.07) is 15.0. The summed E-state index contributed by atoms with van der Waals surface area (Å²) in [5.41, 5.74) is 9.71. The molecule has 3 aromatic rings. The van der Waals surface area contributed by atoms with Gasteiger partial charge in [0.15, 0.2) is 0 Å². The highest BCUT2D eigenvalue weighted by Gasteiger charge is 2.41. The number of ether oxygens (including phenoxy) is 2. The number of aromatic nitrogens is 2. The number of nitrogens with two attached hydrogens (primary N) is 1. The number of nitrogens with zero attached hydrogens (tertiary/aromatic N) is 3. The van der Waals surface area contributed by atoms with Crippen molar-refractivity contribution in [2.75, 3.05) is 33.9 Å². The number of hydrogen-bond acceptors (Lipinski definition) is 7. The zero-order chi connectivity index (χ0) is 31.2. The first kappa shape index (κ1) is 32.4. The molecule has 1 amide bonds. The highest BCUT2D eigenvalue weighted by Crippen LogP contribution is 2.34. The Kier molecular flexibility index (Phi) is 10.4. The zero-order valence-electron chi connectivity index (χ0n) is 26.1. The molecule has 232 valence electrons. The van der Waals surface area contributed by atoms with Gasteiger partial charge in [0.1, 0.15) is 11.4 Å². The van der Waals surface area contributed by atoms with Crippen LogP contribution in [0.5, 0.6) is 0 Å². The Morgan fingerprint density at radius 3 is 2.33 bits per heavy atom. The second-order valence-corrected chi connectivity index (χ2v) is 12.6. The number of rotatable bonds is 11. The molecule has 2 atom stereocenters. The van der Waals surface area contributed by atoms with Crippen LogP contribution in [0.1, 0.15) is 73.9 Å². The van der Waals surface area contributed by atoms with Gasteiger partial charge in [0.2, 0.25) is 5.91 Å². The smallest absolute Gasteiger partial charge is 0.337 e. The van der Waals surface area contributed by atoms with Crippen LogP contribution in [0.15, 0.2) is 54.7 Å². The van der Waals surface area contributed by atoms with Crippen LogP contribution < -0.4 is 5.73 Å². The van der Waals surface area contributed by atoms with Gasteiger partial charge in [-0.3, -0.25) is 4.79 Å². The molecule has 43 heavy (non-hydrogen) atoms. The van der Waals surface area contributed by atoms with E-state index in [0.717, 1.165) is 28.8 Å². The maximum atomic E-state index is 13.4. The van der Waals surface area contributed by atoms with Gasteiger partial charge in [-0.2, -0.15) is 0 Å². The van der Waals surface area contributed by atoms with Crippen molar-refractivity contribution >= 4 is 11.9 Å². The first-order valence-corrected chi connectivity index (χ1v) is 15.0. The van der Waals surface area contributed by atoms with E-state index >= 15 is 0 Å². The van der Waals surface area contributed by atoms with Crippen molar-refractivity contribution < 1.29 is 24.2 Å². The minimum absolute atomic E-state index is 0.0542. The number of carbonyl (C=O) groups excluding carboxylic acids is 2. The van der Waals surface area contributed by atoms with E-state index in [1.807, 2.05) is 42.6 Å². The van der Waals surface area contributed by atoms with E-state index in [1.165, 1.54) is 7.11 Å². The number of hydrogen-bond donors (Lipinski definition) is 2. The molecule has 0 radical (unpaired) electrons. The van der Waals surface area contributed by atoms with Crippen LogP contribution in [-0.2, 0) is 38.2 Å². The largest absolute Gasteiger partial charge is 0.465 e. The molecule has 1 fully saturated rings. The normalized spacial score (nSPS) is 18.0. The van der Waals surface area contributed by atoms with Gasteiger partial charge in [-0.15, -0.1) is 0 Å². The molecule has 9 nitrogen and oxygen atoms in total. The third kappa shape index (κ3) is 7.90. The molecule has 2 heterocycles. The second-order valence-electron chi connectivity index (χ2n) is 12.6. The Balaban J connectivity index is 1.38. The van der Waals surface area contributed by atoms with E-state index < -0.39 is 5.60 Å². The molecule has 1 aromatic heterocycles. The number of carbonyl (C=O) groups is 2. The Labute approximate surface area is 255 Å². The van der Waals surface area contributed by atoms with Gasteiger partial charge in [0.05, 0.1) is 19.2 Å². The minimum atomic E-state index is -1.22. The molecule has 3 N–H and O–H groups in total. The predicted molar refractivity (Wildman–Crippen MR) is 167 cm³/mol. The second kappa shape index (κ2) is 13.8. The fraction of sp³-hybridized carbons (Fsp3) is 0.500. The average molecular weight is 591 g/mol. The topological polar surface area (TPSA) is 120 Å². The molecule has 4 rings (SSSR count). The van der Waals surface area contributed by atoms with Crippen molar-refractivity contribution in [2.45, 2.75) is 76.5 Å². The van der Waals surface area contributed by atoms with E-state index in [2.05, 4.69) is 25.3 Å². The maximum absolute atomic E-state index is 13.4. The number of aliphatic hydroxyl groups is 1. The molecule has 1 saturated heterocycles. The molecule has 1 aliphatic rings. The molecule has 0 bridgehead atoms. The van der Waals surface area contributed by atoms with Gasteiger partial charge in [-0.1, -0.05) is 57.2 Å². The third-order valence-corrected chi connectivity index (χ3v) is 8.12. The van der Waals surface area contributed by atoms with Crippen LogP contribution in [0.3, 0.4) is 0 Å². The van der Waals surface area contributed by atoms with Crippen molar-refractivity contribution in [1.29, 1.82) is 0 Å². The summed E-state index contributed by atoms with van der Waals surface area (Å²) in [6.45, 7) is 8.52. The molecule has 2 unspecified atom stereocenters. The van der Waals surface area contributed by atoms with Gasteiger partial charge in [0, 0.05) is 56.6 Å². The molecular weight excluding hydrogens is 544 g/mol. The molecular formula is C34H46N4O5. The molecule has 0 saturated carbocycles. The maximum Gasteiger partial charge on any atom is 0.337 e. The average Bonchev–Trinajstić information content (AvgIpc) is 3.43. The number of amides is 1. The van der Waals surface area contributed by atoms with E-state index in [4.69, 9.17) is 20.2 Å². The lowest BCUT2D eigenvalue weighted by atomic mass is 9.90. The SMILES string of the molecule is COCCCn1c(C(C)(C)C)cnc1C1(O)CCCN(C(=O)CC(N)Cc2ccc(-c3ccc(C(=O)OC)cc3)cc2)C1. The lowest BCUT2D eigenvalue weighted by Crippen LogP contribution is -2.50. The number of likely N-dealkylation sites (tertiary alicyclic amines) is 1. The molecule has 0 spiro atoms. The van der Waals surface area contributed by atoms with E-state index in [0.29, 0.717) is 50.3 Å². The van der Waals surface area contributed by atoms with Gasteiger partial charge in [-0.25, -0.2) is 9.78 Å². The minimum Gasteiger partial charge on any atom is -0.465 e. The first-order chi connectivity index (χ1) is 20.4. The molecule has 2 aromatic carbocycles. The van der Waals surface area contributed by atoms with Crippen LogP contribution in [0.4, 0.5) is 0 Å². The van der Waals surface area contributed by atoms with E-state index in [-0.39, 0.29) is 36.3 Å². The number of imidazole rings is 1. The van der Waals surface area contributed by atoms with Gasteiger partial charge in [-0.05, 0) is 54.5 Å². The Morgan fingerprint density at radius 2 is 1.72 bits per heavy atom. The summed E-state index contributed by atoms with van der Waals surface area (Å²) < 4.78 is 12.2. The zero-order valence-corrected chi connectivity index (χ0v) is 26.1. The number of benzene rings is 2. The predicted octanol–water partition coefficient (Wildman–Crippen LogP) is 4.44. The van der Waals surface area contributed by atoms with Crippen molar-refractivity contribution in [3.63, 3.8) is 0 Å². The van der Waals surface area contributed by atoms with Crippen molar-refractivity contribution in [3.8, 4) is 11.1 Å². The fourth-order valence-electron chi connectivity index (χ4n) is 5.85. The summed E-state index contributed by atoms with van der Waals surface area (Å²) >= 11 is 0. The number of methoxy groups -OCH3 is 2. The monoisotopic (exact) mass is 590 g/mol. The Morgan fingerprint density at radius 1 is 1.07 bits per heavy atom. The van der Waals surface area contributed by atoms with Gasteiger partial charge < -0.3 is 29.8 Å². The number of β-amino-alcohol motifs (C(OH)–C–C–N with tert-alkyl or cyclic N) is 1. The lowest BCUT2D eigenvalue weighted by Gasteiger charge is -2.39.